The van der Waals surface area contributed by atoms with Gasteiger partial charge in [-0.1, -0.05) is 138 Å². The minimum absolute atomic E-state index is 0.0241. The minimum atomic E-state index is -1.48. The first-order valence-electron chi connectivity index (χ1n) is 26.3. The van der Waals surface area contributed by atoms with Crippen LogP contribution in [0.1, 0.15) is 147 Å². The van der Waals surface area contributed by atoms with Gasteiger partial charge in [-0.25, -0.2) is 19.2 Å². The van der Waals surface area contributed by atoms with Crippen molar-refractivity contribution in [3.8, 4) is 0 Å². The van der Waals surface area contributed by atoms with Gasteiger partial charge in [0.05, 0.1) is 28.4 Å². The quantitative estimate of drug-likeness (QED) is 0.0609. The van der Waals surface area contributed by atoms with E-state index in [9.17, 15) is 19.2 Å². The van der Waals surface area contributed by atoms with Crippen LogP contribution in [0.3, 0.4) is 0 Å². The number of rotatable bonds is 16. The van der Waals surface area contributed by atoms with Crippen LogP contribution in [0.5, 0.6) is 0 Å². The molecule has 0 N–H and O–H groups in total. The van der Waals surface area contributed by atoms with E-state index in [2.05, 4.69) is 40.7 Å². The Morgan fingerprint density at radius 1 is 0.606 bits per heavy atom. The Kier molecular flexibility index (Phi) is 15.6. The number of esters is 4. The molecule has 0 bridgehead atoms. The van der Waals surface area contributed by atoms with Crippen LogP contribution in [0, 0.1) is 46.3 Å². The van der Waals surface area contributed by atoms with E-state index in [0.29, 0.717) is 29.2 Å². The van der Waals surface area contributed by atoms with Crippen LogP contribution in [0.4, 0.5) is 0 Å². The Morgan fingerprint density at radius 3 is 1.70 bits per heavy atom. The molecule has 71 heavy (non-hydrogen) atoms. The molecule has 4 aromatic carbocycles. The first-order chi connectivity index (χ1) is 34.3. The van der Waals surface area contributed by atoms with E-state index in [1.54, 1.807) is 121 Å². The number of hydrogen-bond acceptors (Lipinski definition) is 10. The first kappa shape index (κ1) is 50.4. The summed E-state index contributed by atoms with van der Waals surface area (Å²) in [5.41, 5.74) is 2.83. The van der Waals surface area contributed by atoms with E-state index in [1.807, 2.05) is 0 Å². The zero-order chi connectivity index (χ0) is 49.7. The predicted octanol–water partition coefficient (Wildman–Crippen LogP) is 12.7. The summed E-state index contributed by atoms with van der Waals surface area (Å²) >= 11 is 0. The lowest BCUT2D eigenvalue weighted by atomic mass is 9.47. The molecule has 10 nitrogen and oxygen atoms in total. The molecule has 1 aliphatic heterocycles. The second-order valence-corrected chi connectivity index (χ2v) is 22.0. The molecule has 4 aliphatic carbocycles. The highest BCUT2D eigenvalue weighted by atomic mass is 16.7. The summed E-state index contributed by atoms with van der Waals surface area (Å²) in [4.78, 5) is 56.0. The Balaban J connectivity index is 1.01. The third kappa shape index (κ3) is 10.9. The van der Waals surface area contributed by atoms with Gasteiger partial charge in [-0.3, -0.25) is 0 Å². The smallest absolute Gasteiger partial charge is 0.338 e. The average molecular weight is 965 g/mol. The normalized spacial score (nSPS) is 31.4. The van der Waals surface area contributed by atoms with Gasteiger partial charge in [0.15, 0.2) is 24.6 Å². The van der Waals surface area contributed by atoms with E-state index >= 15 is 0 Å². The van der Waals surface area contributed by atoms with E-state index in [1.165, 1.54) is 50.5 Å². The van der Waals surface area contributed by atoms with Crippen molar-refractivity contribution in [2.75, 3.05) is 6.61 Å². The number of carbonyl (C=O) groups is 4. The summed E-state index contributed by atoms with van der Waals surface area (Å²) in [5, 5.41) is 0. The molecule has 4 aromatic rings. The van der Waals surface area contributed by atoms with E-state index in [4.69, 9.17) is 28.4 Å². The number of ether oxygens (including phenoxy) is 6. The zero-order valence-electron chi connectivity index (χ0n) is 42.1. The number of fused-ring (bicyclic) bond motifs is 5. The van der Waals surface area contributed by atoms with Gasteiger partial charge in [0.25, 0.3) is 0 Å². The average Bonchev–Trinajstić information content (AvgIpc) is 3.75. The largest absolute Gasteiger partial charge is 0.459 e. The van der Waals surface area contributed by atoms with Crippen molar-refractivity contribution in [3.05, 3.63) is 155 Å². The van der Waals surface area contributed by atoms with Gasteiger partial charge < -0.3 is 28.4 Å². The summed E-state index contributed by atoms with van der Waals surface area (Å²) in [6.45, 7) is 11.9. The van der Waals surface area contributed by atoms with Gasteiger partial charge in [-0.05, 0) is 146 Å². The Hall–Kier alpha value is -5.58. The van der Waals surface area contributed by atoms with Crippen LogP contribution in [-0.2, 0) is 28.4 Å². The summed E-state index contributed by atoms with van der Waals surface area (Å²) in [7, 11) is 0. The molecular weight excluding hydrogens is 893 g/mol. The van der Waals surface area contributed by atoms with Gasteiger partial charge >= 0.3 is 23.9 Å². The van der Waals surface area contributed by atoms with Crippen molar-refractivity contribution in [2.24, 2.45) is 46.3 Å². The van der Waals surface area contributed by atoms with E-state index in [-0.39, 0.29) is 28.2 Å². The number of carbonyl (C=O) groups excluding carboxylic acids is 4. The SMILES string of the molecule is CC(C)CCC[C@@H](C)[C@H]1CC[C@H]2[C@@H]3CC=C4C[C@@H](O[C@H]5O[C@H](COC(=O)c6ccccc6)[C@@H](OC(=O)c6ccccc6)[C@H](OC(=O)c6ccccc6)[C@@H]5OC(=O)c5ccccc5)CC[C@]4(C)[C@H]3CC[C@]12C. The van der Waals surface area contributed by atoms with Crippen molar-refractivity contribution < 1.29 is 47.6 Å². The second kappa shape index (κ2) is 22.0. The molecule has 13 atom stereocenters. The molecule has 0 amide bonds. The van der Waals surface area contributed by atoms with Crippen molar-refractivity contribution in [1.29, 1.82) is 0 Å². The number of allylic oxidation sites excluding steroid dienone is 1. The van der Waals surface area contributed by atoms with Crippen LogP contribution in [0.15, 0.2) is 133 Å². The molecule has 5 aliphatic rings. The summed E-state index contributed by atoms with van der Waals surface area (Å²) in [6.07, 6.45) is 7.77. The Labute approximate surface area is 420 Å². The second-order valence-electron chi connectivity index (χ2n) is 22.0. The predicted molar refractivity (Wildman–Crippen MR) is 270 cm³/mol. The van der Waals surface area contributed by atoms with Gasteiger partial charge in [0.1, 0.15) is 12.7 Å². The molecule has 1 saturated heterocycles. The maximum atomic E-state index is 14.2. The highest BCUT2D eigenvalue weighted by molar-refractivity contribution is 5.91. The molecule has 1 heterocycles. The first-order valence-corrected chi connectivity index (χ1v) is 26.3. The molecule has 0 spiro atoms. The van der Waals surface area contributed by atoms with Crippen LogP contribution in [0.2, 0.25) is 0 Å². The topological polar surface area (TPSA) is 124 Å². The van der Waals surface area contributed by atoms with Crippen LogP contribution in [-0.4, -0.2) is 67.3 Å². The molecular formula is C61H72O10. The Morgan fingerprint density at radius 2 is 1.14 bits per heavy atom. The monoisotopic (exact) mass is 965 g/mol. The van der Waals surface area contributed by atoms with Crippen LogP contribution < -0.4 is 0 Å². The maximum absolute atomic E-state index is 14.2. The van der Waals surface area contributed by atoms with E-state index < -0.39 is 61.2 Å². The molecule has 3 saturated carbocycles. The molecule has 376 valence electrons. The highest BCUT2D eigenvalue weighted by Gasteiger charge is 2.60. The number of benzene rings is 4. The Bertz CT molecular complexity index is 2480. The third-order valence-electron chi connectivity index (χ3n) is 17.3. The maximum Gasteiger partial charge on any atom is 0.338 e. The molecule has 0 unspecified atom stereocenters. The van der Waals surface area contributed by atoms with Crippen molar-refractivity contribution >= 4 is 23.9 Å². The number of hydrogen-bond donors (Lipinski definition) is 0. The van der Waals surface area contributed by atoms with Crippen LogP contribution in [0.25, 0.3) is 0 Å². The van der Waals surface area contributed by atoms with Gasteiger partial charge in [-0.2, -0.15) is 0 Å². The molecule has 10 heteroatoms. The molecule has 0 radical (unpaired) electrons. The summed E-state index contributed by atoms with van der Waals surface area (Å²) < 4.78 is 38.7. The van der Waals surface area contributed by atoms with Crippen molar-refractivity contribution in [1.82, 2.24) is 0 Å². The van der Waals surface area contributed by atoms with Crippen molar-refractivity contribution in [3.63, 3.8) is 0 Å². The van der Waals surface area contributed by atoms with Crippen molar-refractivity contribution in [2.45, 2.75) is 142 Å². The minimum Gasteiger partial charge on any atom is -0.459 e. The van der Waals surface area contributed by atoms with Gasteiger partial charge in [0.2, 0.25) is 0 Å². The van der Waals surface area contributed by atoms with E-state index in [0.717, 1.165) is 42.9 Å². The fourth-order valence-corrected chi connectivity index (χ4v) is 13.6. The zero-order valence-corrected chi connectivity index (χ0v) is 42.1. The fourth-order valence-electron chi connectivity index (χ4n) is 13.6. The highest BCUT2D eigenvalue weighted by Crippen LogP contribution is 2.67. The molecule has 9 rings (SSSR count). The van der Waals surface area contributed by atoms with Gasteiger partial charge in [-0.15, -0.1) is 0 Å². The summed E-state index contributed by atoms with van der Waals surface area (Å²) in [5.74, 6) is 1.43. The lowest BCUT2D eigenvalue weighted by molar-refractivity contribution is -0.310. The summed E-state index contributed by atoms with van der Waals surface area (Å²) in [6, 6.07) is 33.9. The standard InChI is InChI=1S/C61H72O10/c1-39(2)19-18-20-40(3)48-31-32-49-47-30-29-45-37-46(33-35-60(45,4)50(47)34-36-61(48,49)5)67-59-54(71-58(65)44-27-16-9-17-28-44)53(70-57(64)43-25-14-8-15-26-43)52(69-56(63)42-23-12-7-13-24-42)51(68-59)38-66-55(62)41-21-10-6-11-22-41/h6-17,21-29,39-40,46-54,59H,18-20,30-38H2,1-5H3/t40-,46+,47+,48-,49+,50+,51-,52-,53+,54+,59+,60+,61-/m1/s1. The van der Waals surface area contributed by atoms with Crippen LogP contribution >= 0.6 is 0 Å². The fraction of sp³-hybridized carbons (Fsp3) is 0.508. The molecule has 0 aromatic heterocycles. The lowest BCUT2D eigenvalue weighted by Crippen LogP contribution is -2.63. The molecule has 4 fully saturated rings. The van der Waals surface area contributed by atoms with Gasteiger partial charge in [0, 0.05) is 0 Å². The third-order valence-corrected chi connectivity index (χ3v) is 17.3. The lowest BCUT2D eigenvalue weighted by Gasteiger charge is -2.58.